The van der Waals surface area contributed by atoms with Crippen LogP contribution in [0.3, 0.4) is 0 Å². The predicted molar refractivity (Wildman–Crippen MR) is 68.9 cm³/mol. The van der Waals surface area contributed by atoms with Crippen LogP contribution in [0.4, 0.5) is 0 Å². The third-order valence-corrected chi connectivity index (χ3v) is 3.09. The molecule has 0 radical (unpaired) electrons. The summed E-state index contributed by atoms with van der Waals surface area (Å²) in [6, 6.07) is -0.204. The van der Waals surface area contributed by atoms with E-state index in [0.717, 1.165) is 25.8 Å². The number of hydrogen-bond acceptors (Lipinski definition) is 3. The maximum absolute atomic E-state index is 11.5. The summed E-state index contributed by atoms with van der Waals surface area (Å²) in [5.74, 6) is 0.617. The Labute approximate surface area is 101 Å². The first-order chi connectivity index (χ1) is 7.57. The Kier molecular flexibility index (Phi) is 9.52. The monoisotopic (exact) mass is 248 g/mol. The number of nitrogens with one attached hydrogen (secondary N) is 2. The quantitative estimate of drug-likeness (QED) is 0.589. The largest absolute Gasteiger partial charge is 0.355 e. The summed E-state index contributed by atoms with van der Waals surface area (Å²) in [6.45, 7) is 5.33. The Hall–Kier alpha value is -0.420. The van der Waals surface area contributed by atoms with Gasteiger partial charge in [0.05, 0.1) is 6.04 Å². The molecule has 2 N–H and O–H groups in total. The van der Waals surface area contributed by atoms with Crippen molar-refractivity contribution < 1.29 is 9.00 Å². The Morgan fingerprint density at radius 3 is 2.56 bits per heavy atom. The van der Waals surface area contributed by atoms with E-state index in [4.69, 9.17) is 0 Å². The molecule has 1 amide bonds. The standard InChI is InChI=1S/C11H24N2O2S/c1-4-5-6-7-13-11(14)10(2)12-8-9-16(3)15/h10,12H,4-9H2,1-3H3,(H,13,14). The maximum Gasteiger partial charge on any atom is 0.236 e. The van der Waals surface area contributed by atoms with E-state index in [-0.39, 0.29) is 11.9 Å². The summed E-state index contributed by atoms with van der Waals surface area (Å²) in [5.41, 5.74) is 0. The number of carbonyl (C=O) groups is 1. The van der Waals surface area contributed by atoms with Gasteiger partial charge in [0.15, 0.2) is 0 Å². The van der Waals surface area contributed by atoms with Crippen LogP contribution in [0.15, 0.2) is 0 Å². The molecule has 4 nitrogen and oxygen atoms in total. The van der Waals surface area contributed by atoms with Crippen LogP contribution in [0, 0.1) is 0 Å². The average molecular weight is 248 g/mol. The molecular formula is C11H24N2O2S. The minimum Gasteiger partial charge on any atom is -0.355 e. The van der Waals surface area contributed by atoms with Gasteiger partial charge in [0.25, 0.3) is 0 Å². The van der Waals surface area contributed by atoms with Gasteiger partial charge in [0.1, 0.15) is 0 Å². The number of unbranched alkanes of at least 4 members (excludes halogenated alkanes) is 2. The highest BCUT2D eigenvalue weighted by atomic mass is 32.2. The fourth-order valence-electron chi connectivity index (χ4n) is 1.25. The van der Waals surface area contributed by atoms with Crippen LogP contribution in [0.2, 0.25) is 0 Å². The Balaban J connectivity index is 3.53. The molecule has 0 aliphatic rings. The van der Waals surface area contributed by atoms with E-state index in [1.54, 1.807) is 6.26 Å². The molecule has 0 rings (SSSR count). The maximum atomic E-state index is 11.5. The summed E-state index contributed by atoms with van der Waals surface area (Å²) >= 11 is 0. The molecule has 0 aromatic heterocycles. The van der Waals surface area contributed by atoms with Crippen molar-refractivity contribution in [1.82, 2.24) is 10.6 Å². The van der Waals surface area contributed by atoms with Crippen molar-refractivity contribution in [1.29, 1.82) is 0 Å². The molecule has 5 heteroatoms. The third kappa shape index (κ3) is 8.85. The molecule has 0 saturated heterocycles. The van der Waals surface area contributed by atoms with Gasteiger partial charge in [-0.15, -0.1) is 0 Å². The van der Waals surface area contributed by atoms with Crippen molar-refractivity contribution in [2.75, 3.05) is 25.1 Å². The van der Waals surface area contributed by atoms with Crippen molar-refractivity contribution in [3.05, 3.63) is 0 Å². The van der Waals surface area contributed by atoms with Crippen LogP contribution in [-0.2, 0) is 15.6 Å². The van der Waals surface area contributed by atoms with Crippen molar-refractivity contribution >= 4 is 16.7 Å². The molecular weight excluding hydrogens is 224 g/mol. The minimum absolute atomic E-state index is 0.0259. The molecule has 96 valence electrons. The molecule has 0 saturated carbocycles. The summed E-state index contributed by atoms with van der Waals surface area (Å²) in [7, 11) is -0.797. The highest BCUT2D eigenvalue weighted by Crippen LogP contribution is 1.91. The molecule has 16 heavy (non-hydrogen) atoms. The van der Waals surface area contributed by atoms with Gasteiger partial charge in [0, 0.05) is 35.9 Å². The average Bonchev–Trinajstić information content (AvgIpc) is 2.23. The van der Waals surface area contributed by atoms with Gasteiger partial charge in [-0.05, 0) is 13.3 Å². The molecule has 0 aliphatic heterocycles. The smallest absolute Gasteiger partial charge is 0.236 e. The van der Waals surface area contributed by atoms with Crippen molar-refractivity contribution in [2.45, 2.75) is 39.2 Å². The van der Waals surface area contributed by atoms with Crippen LogP contribution >= 0.6 is 0 Å². The van der Waals surface area contributed by atoms with Gasteiger partial charge in [0.2, 0.25) is 5.91 Å². The van der Waals surface area contributed by atoms with E-state index < -0.39 is 10.8 Å². The van der Waals surface area contributed by atoms with E-state index >= 15 is 0 Å². The SMILES string of the molecule is CCCCCNC(=O)C(C)NCCS(C)=O. The molecule has 2 unspecified atom stereocenters. The second-order valence-corrected chi connectivity index (χ2v) is 5.51. The molecule has 0 aliphatic carbocycles. The normalized spacial score (nSPS) is 14.4. The summed E-state index contributed by atoms with van der Waals surface area (Å²) < 4.78 is 10.8. The minimum atomic E-state index is -0.797. The van der Waals surface area contributed by atoms with Crippen LogP contribution < -0.4 is 10.6 Å². The lowest BCUT2D eigenvalue weighted by Gasteiger charge is -2.13. The van der Waals surface area contributed by atoms with Gasteiger partial charge in [-0.25, -0.2) is 0 Å². The van der Waals surface area contributed by atoms with Gasteiger partial charge in [-0.2, -0.15) is 0 Å². The predicted octanol–water partition coefficient (Wildman–Crippen LogP) is 0.649. The van der Waals surface area contributed by atoms with Gasteiger partial charge in [-0.3, -0.25) is 9.00 Å². The van der Waals surface area contributed by atoms with E-state index in [1.807, 2.05) is 6.92 Å². The summed E-state index contributed by atoms with van der Waals surface area (Å²) in [4.78, 5) is 11.5. The fraction of sp³-hybridized carbons (Fsp3) is 0.909. The lowest BCUT2D eigenvalue weighted by Crippen LogP contribution is -2.43. The van der Waals surface area contributed by atoms with E-state index in [1.165, 1.54) is 0 Å². The van der Waals surface area contributed by atoms with Crippen LogP contribution in [0.5, 0.6) is 0 Å². The Morgan fingerprint density at radius 2 is 2.00 bits per heavy atom. The first-order valence-corrected chi connectivity index (χ1v) is 7.61. The number of carbonyl (C=O) groups excluding carboxylic acids is 1. The third-order valence-electron chi connectivity index (χ3n) is 2.31. The second-order valence-electron chi connectivity index (χ2n) is 3.95. The molecule has 0 fully saturated rings. The van der Waals surface area contributed by atoms with Crippen LogP contribution in [-0.4, -0.2) is 41.3 Å². The zero-order chi connectivity index (χ0) is 12.4. The zero-order valence-electron chi connectivity index (χ0n) is 10.5. The summed E-state index contributed by atoms with van der Waals surface area (Å²) in [6.07, 6.45) is 5.01. The van der Waals surface area contributed by atoms with Crippen molar-refractivity contribution in [3.8, 4) is 0 Å². The van der Waals surface area contributed by atoms with Crippen LogP contribution in [0.25, 0.3) is 0 Å². The van der Waals surface area contributed by atoms with Crippen molar-refractivity contribution in [2.24, 2.45) is 0 Å². The number of rotatable bonds is 9. The van der Waals surface area contributed by atoms with Crippen LogP contribution in [0.1, 0.15) is 33.1 Å². The Morgan fingerprint density at radius 1 is 1.31 bits per heavy atom. The summed E-state index contributed by atoms with van der Waals surface area (Å²) in [5, 5.41) is 5.93. The molecule has 0 aromatic carbocycles. The topological polar surface area (TPSA) is 58.2 Å². The van der Waals surface area contributed by atoms with Gasteiger partial charge in [-0.1, -0.05) is 19.8 Å². The molecule has 0 spiro atoms. The number of hydrogen-bond donors (Lipinski definition) is 2. The molecule has 2 atom stereocenters. The fourth-order valence-corrected chi connectivity index (χ4v) is 1.66. The van der Waals surface area contributed by atoms with Crippen molar-refractivity contribution in [3.63, 3.8) is 0 Å². The second kappa shape index (κ2) is 9.78. The highest BCUT2D eigenvalue weighted by Gasteiger charge is 2.10. The molecule has 0 bridgehead atoms. The highest BCUT2D eigenvalue weighted by molar-refractivity contribution is 7.84. The van der Waals surface area contributed by atoms with E-state index in [2.05, 4.69) is 17.6 Å². The van der Waals surface area contributed by atoms with Gasteiger partial charge < -0.3 is 10.6 Å². The zero-order valence-corrected chi connectivity index (χ0v) is 11.4. The number of amides is 1. The first kappa shape index (κ1) is 15.6. The molecule has 0 heterocycles. The van der Waals surface area contributed by atoms with E-state index in [0.29, 0.717) is 12.3 Å². The lowest BCUT2D eigenvalue weighted by molar-refractivity contribution is -0.122. The molecule has 0 aromatic rings. The van der Waals surface area contributed by atoms with Gasteiger partial charge >= 0.3 is 0 Å². The lowest BCUT2D eigenvalue weighted by atomic mass is 10.2. The Bertz CT molecular complexity index is 222. The van der Waals surface area contributed by atoms with E-state index in [9.17, 15) is 9.00 Å². The first-order valence-electron chi connectivity index (χ1n) is 5.89.